The summed E-state index contributed by atoms with van der Waals surface area (Å²) in [5.74, 6) is -0.306. The Balaban J connectivity index is 2.70. The first-order valence-corrected chi connectivity index (χ1v) is 4.95. The number of amides is 1. The Morgan fingerprint density at radius 1 is 1.50 bits per heavy atom. The Bertz CT molecular complexity index is 354. The summed E-state index contributed by atoms with van der Waals surface area (Å²) in [5, 5.41) is 8.82. The van der Waals surface area contributed by atoms with E-state index in [1.54, 1.807) is 12.1 Å². The van der Waals surface area contributed by atoms with E-state index < -0.39 is 6.09 Å². The van der Waals surface area contributed by atoms with Gasteiger partial charge in [-0.3, -0.25) is 0 Å². The number of nitrogens with two attached hydrogens (primary N) is 1. The summed E-state index contributed by atoms with van der Waals surface area (Å²) in [7, 11) is 1.48. The van der Waals surface area contributed by atoms with Crippen LogP contribution in [-0.4, -0.2) is 35.7 Å². The van der Waals surface area contributed by atoms with Gasteiger partial charge in [-0.2, -0.15) is 0 Å². The number of hydrogen-bond acceptors (Lipinski definition) is 2. The van der Waals surface area contributed by atoms with Gasteiger partial charge in [0.25, 0.3) is 0 Å². The molecule has 0 aliphatic heterocycles. The fraction of sp³-hybridized carbons (Fsp3) is 0.364. The van der Waals surface area contributed by atoms with E-state index in [9.17, 15) is 9.18 Å². The van der Waals surface area contributed by atoms with Crippen molar-refractivity contribution in [1.29, 1.82) is 0 Å². The van der Waals surface area contributed by atoms with Crippen LogP contribution in [0.25, 0.3) is 0 Å². The van der Waals surface area contributed by atoms with Crippen LogP contribution in [-0.2, 0) is 6.42 Å². The lowest BCUT2D eigenvalue weighted by Gasteiger charge is -2.24. The van der Waals surface area contributed by atoms with Gasteiger partial charge in [-0.25, -0.2) is 9.18 Å². The largest absolute Gasteiger partial charge is 0.465 e. The molecule has 1 aromatic rings. The van der Waals surface area contributed by atoms with Crippen molar-refractivity contribution in [2.45, 2.75) is 12.5 Å². The number of nitrogens with zero attached hydrogens (tertiary/aromatic N) is 1. The third kappa shape index (κ3) is 3.20. The summed E-state index contributed by atoms with van der Waals surface area (Å²) >= 11 is 0. The van der Waals surface area contributed by atoms with Crippen molar-refractivity contribution in [3.05, 3.63) is 35.6 Å². The fourth-order valence-corrected chi connectivity index (χ4v) is 1.43. The minimum Gasteiger partial charge on any atom is -0.465 e. The maximum absolute atomic E-state index is 12.7. The monoisotopic (exact) mass is 226 g/mol. The van der Waals surface area contributed by atoms with Gasteiger partial charge < -0.3 is 15.7 Å². The molecule has 1 amide bonds. The predicted molar refractivity (Wildman–Crippen MR) is 58.7 cm³/mol. The summed E-state index contributed by atoms with van der Waals surface area (Å²) < 4.78 is 12.7. The maximum atomic E-state index is 12.7. The highest BCUT2D eigenvalue weighted by molar-refractivity contribution is 5.65. The average molecular weight is 226 g/mol. The van der Waals surface area contributed by atoms with Gasteiger partial charge in [0.05, 0.1) is 6.04 Å². The van der Waals surface area contributed by atoms with E-state index in [-0.39, 0.29) is 18.4 Å². The predicted octanol–water partition coefficient (Wildman–Crippen LogP) is 1.31. The molecular weight excluding hydrogens is 211 g/mol. The van der Waals surface area contributed by atoms with Crippen molar-refractivity contribution in [2.75, 3.05) is 13.6 Å². The van der Waals surface area contributed by atoms with Crippen LogP contribution in [0.15, 0.2) is 24.3 Å². The summed E-state index contributed by atoms with van der Waals surface area (Å²) in [4.78, 5) is 11.9. The molecule has 3 N–H and O–H groups in total. The van der Waals surface area contributed by atoms with Crippen LogP contribution in [0, 0.1) is 5.82 Å². The van der Waals surface area contributed by atoms with Crippen molar-refractivity contribution in [1.82, 2.24) is 4.90 Å². The lowest BCUT2D eigenvalue weighted by atomic mass is 10.1. The third-order valence-corrected chi connectivity index (χ3v) is 2.51. The van der Waals surface area contributed by atoms with Crippen molar-refractivity contribution >= 4 is 6.09 Å². The van der Waals surface area contributed by atoms with Crippen LogP contribution in [0.2, 0.25) is 0 Å². The number of halogens is 1. The van der Waals surface area contributed by atoms with Crippen LogP contribution in [0.1, 0.15) is 5.56 Å². The van der Waals surface area contributed by atoms with E-state index in [0.717, 1.165) is 5.56 Å². The number of hydrogen-bond donors (Lipinski definition) is 2. The first-order valence-electron chi connectivity index (χ1n) is 4.95. The van der Waals surface area contributed by atoms with Crippen LogP contribution < -0.4 is 5.73 Å². The minimum atomic E-state index is -1.02. The topological polar surface area (TPSA) is 66.6 Å². The number of benzene rings is 1. The number of rotatable bonds is 4. The van der Waals surface area contributed by atoms with Gasteiger partial charge in [-0.1, -0.05) is 12.1 Å². The number of likely N-dealkylation sites (N-methyl/N-ethyl adjacent to an activating group) is 1. The molecule has 0 heterocycles. The zero-order valence-corrected chi connectivity index (χ0v) is 9.06. The molecule has 1 aromatic carbocycles. The second-order valence-corrected chi connectivity index (χ2v) is 3.61. The molecule has 0 spiro atoms. The van der Waals surface area contributed by atoms with E-state index in [1.165, 1.54) is 24.1 Å². The van der Waals surface area contributed by atoms with E-state index in [0.29, 0.717) is 6.42 Å². The summed E-state index contributed by atoms with van der Waals surface area (Å²) in [6.45, 7) is 0.236. The molecule has 88 valence electrons. The van der Waals surface area contributed by atoms with Crippen LogP contribution in [0.5, 0.6) is 0 Å². The van der Waals surface area contributed by atoms with Gasteiger partial charge in [-0.15, -0.1) is 0 Å². The third-order valence-electron chi connectivity index (χ3n) is 2.51. The number of carboxylic acid groups (broad SMARTS) is 1. The first-order chi connectivity index (χ1) is 7.54. The van der Waals surface area contributed by atoms with Crippen LogP contribution in [0.3, 0.4) is 0 Å². The molecule has 0 aliphatic rings. The Morgan fingerprint density at radius 3 is 2.50 bits per heavy atom. The summed E-state index contributed by atoms with van der Waals surface area (Å²) in [6.07, 6.45) is -0.530. The molecular formula is C11H15FN2O2. The van der Waals surface area contributed by atoms with Gasteiger partial charge in [0.2, 0.25) is 0 Å². The highest BCUT2D eigenvalue weighted by Gasteiger charge is 2.17. The molecule has 5 heteroatoms. The van der Waals surface area contributed by atoms with Gasteiger partial charge >= 0.3 is 6.09 Å². The number of carbonyl (C=O) groups is 1. The average Bonchev–Trinajstić information content (AvgIpc) is 2.27. The second-order valence-electron chi connectivity index (χ2n) is 3.61. The zero-order chi connectivity index (χ0) is 12.1. The molecule has 0 radical (unpaired) electrons. The van der Waals surface area contributed by atoms with Crippen molar-refractivity contribution in [3.8, 4) is 0 Å². The maximum Gasteiger partial charge on any atom is 0.407 e. The summed E-state index contributed by atoms with van der Waals surface area (Å²) in [5.41, 5.74) is 6.38. The highest BCUT2D eigenvalue weighted by Crippen LogP contribution is 2.08. The molecule has 16 heavy (non-hydrogen) atoms. The highest BCUT2D eigenvalue weighted by atomic mass is 19.1. The van der Waals surface area contributed by atoms with Crippen LogP contribution >= 0.6 is 0 Å². The van der Waals surface area contributed by atoms with E-state index in [1.807, 2.05) is 0 Å². The second kappa shape index (κ2) is 5.46. The van der Waals surface area contributed by atoms with Gasteiger partial charge in [0, 0.05) is 13.6 Å². The molecule has 0 saturated heterocycles. The quantitative estimate of drug-likeness (QED) is 0.813. The molecule has 0 bridgehead atoms. The molecule has 4 nitrogen and oxygen atoms in total. The van der Waals surface area contributed by atoms with Crippen molar-refractivity contribution < 1.29 is 14.3 Å². The van der Waals surface area contributed by atoms with Gasteiger partial charge in [-0.05, 0) is 24.1 Å². The van der Waals surface area contributed by atoms with Gasteiger partial charge in [0.1, 0.15) is 5.82 Å². The molecule has 1 atom stereocenters. The van der Waals surface area contributed by atoms with E-state index >= 15 is 0 Å². The van der Waals surface area contributed by atoms with Crippen LogP contribution in [0.4, 0.5) is 9.18 Å². The van der Waals surface area contributed by atoms with Gasteiger partial charge in [0.15, 0.2) is 0 Å². The molecule has 1 unspecified atom stereocenters. The first kappa shape index (κ1) is 12.4. The minimum absolute atomic E-state index is 0.236. The Hall–Kier alpha value is -1.62. The standard InChI is InChI=1S/C11H15FN2O2/c1-14(11(15)16)10(7-13)6-8-2-4-9(12)5-3-8/h2-5,10H,6-7,13H2,1H3,(H,15,16). The van der Waals surface area contributed by atoms with E-state index in [2.05, 4.69) is 0 Å². The Morgan fingerprint density at radius 2 is 2.06 bits per heavy atom. The molecule has 0 fully saturated rings. The molecule has 0 aliphatic carbocycles. The molecule has 1 rings (SSSR count). The van der Waals surface area contributed by atoms with Crippen molar-refractivity contribution in [3.63, 3.8) is 0 Å². The van der Waals surface area contributed by atoms with Crippen molar-refractivity contribution in [2.24, 2.45) is 5.73 Å². The lowest BCUT2D eigenvalue weighted by Crippen LogP contribution is -2.42. The SMILES string of the molecule is CN(C(=O)O)C(CN)Cc1ccc(F)cc1. The fourth-order valence-electron chi connectivity index (χ4n) is 1.43. The lowest BCUT2D eigenvalue weighted by molar-refractivity contribution is 0.139. The van der Waals surface area contributed by atoms with E-state index in [4.69, 9.17) is 10.8 Å². The molecule has 0 aromatic heterocycles. The summed E-state index contributed by atoms with van der Waals surface area (Å²) in [6, 6.07) is 5.68. The Kier molecular flexibility index (Phi) is 4.25. The smallest absolute Gasteiger partial charge is 0.407 e. The molecule has 0 saturated carbocycles. The Labute approximate surface area is 93.5 Å². The zero-order valence-electron chi connectivity index (χ0n) is 9.06. The normalized spacial score (nSPS) is 12.2.